The van der Waals surface area contributed by atoms with E-state index in [9.17, 15) is 28.8 Å². The van der Waals surface area contributed by atoms with E-state index >= 15 is 0 Å². The second kappa shape index (κ2) is 18.9. The van der Waals surface area contributed by atoms with E-state index in [2.05, 4.69) is 6.58 Å². The molecule has 0 saturated carbocycles. The molecule has 1 atom stereocenters. The molecule has 5 aromatic carbocycles. The van der Waals surface area contributed by atoms with Crippen LogP contribution in [0.1, 0.15) is 83.2 Å². The van der Waals surface area contributed by atoms with Crippen molar-refractivity contribution in [3.05, 3.63) is 172 Å². The van der Waals surface area contributed by atoms with Gasteiger partial charge < -0.3 is 27.1 Å². The van der Waals surface area contributed by atoms with Crippen molar-refractivity contribution in [2.24, 2.45) is 5.92 Å². The number of benzene rings is 5. The minimum Gasteiger partial charge on any atom is -0.408 e. The number of hydrogen-bond acceptors (Lipinski definition) is 12. The molecule has 5 aromatic rings. The molecule has 0 amide bonds. The van der Waals surface area contributed by atoms with Gasteiger partial charge in [-0.2, -0.15) is 0 Å². The van der Waals surface area contributed by atoms with Crippen molar-refractivity contribution < 1.29 is 55.9 Å². The number of rotatable bonds is 19. The Balaban J connectivity index is 1.40. The third kappa shape index (κ3) is 9.27. The van der Waals surface area contributed by atoms with Crippen molar-refractivity contribution >= 4 is 53.9 Å². The van der Waals surface area contributed by atoms with Gasteiger partial charge in [0.25, 0.3) is 0 Å². The fraction of sp³-hybridized carbons (Fsp3) is 0.0909. The summed E-state index contributed by atoms with van der Waals surface area (Å²) in [4.78, 5) is 76.4. The first-order chi connectivity index (χ1) is 28.1. The van der Waals surface area contributed by atoms with E-state index < -0.39 is 28.8 Å². The van der Waals surface area contributed by atoms with Gasteiger partial charge in [-0.3, -0.25) is 28.8 Å². The lowest BCUT2D eigenvalue weighted by molar-refractivity contribution is -0.104. The van der Waals surface area contributed by atoms with Crippen molar-refractivity contribution in [1.82, 2.24) is 0 Å². The molecule has 0 fully saturated rings. The van der Waals surface area contributed by atoms with Gasteiger partial charge in [-0.05, 0) is 66.9 Å². The predicted molar refractivity (Wildman–Crippen MR) is 216 cm³/mol. The van der Waals surface area contributed by atoms with Gasteiger partial charge in [-0.25, -0.2) is 0 Å². The summed E-state index contributed by atoms with van der Waals surface area (Å²) in [5.74, 6) is -0.889. The van der Waals surface area contributed by atoms with Gasteiger partial charge in [0.15, 0.2) is 30.9 Å². The van der Waals surface area contributed by atoms with Crippen LogP contribution in [0.25, 0.3) is 0 Å². The van der Waals surface area contributed by atoms with Crippen molar-refractivity contribution in [2.75, 3.05) is 0 Å². The normalized spacial score (nSPS) is 12.4. The van der Waals surface area contributed by atoms with Crippen LogP contribution in [0.3, 0.4) is 0 Å². The van der Waals surface area contributed by atoms with Gasteiger partial charge in [-0.15, -0.1) is 0 Å². The Morgan fingerprint density at radius 2 is 0.948 bits per heavy atom. The molecule has 0 aromatic heterocycles. The zero-order chi connectivity index (χ0) is 41.2. The van der Waals surface area contributed by atoms with Crippen molar-refractivity contribution in [1.29, 1.82) is 0 Å². The second-order valence-electron chi connectivity index (χ2n) is 12.8. The minimum atomic E-state index is -2.58. The third-order valence-electron chi connectivity index (χ3n) is 8.40. The van der Waals surface area contributed by atoms with Crippen LogP contribution in [0.2, 0.25) is 0 Å². The highest BCUT2D eigenvalue weighted by molar-refractivity contribution is 7.43. The van der Waals surface area contributed by atoms with Crippen LogP contribution in [0.4, 0.5) is 0 Å². The molecule has 1 aliphatic rings. The zero-order valence-corrected chi connectivity index (χ0v) is 32.9. The molecule has 0 bridgehead atoms. The van der Waals surface area contributed by atoms with Gasteiger partial charge in [0.1, 0.15) is 34.5 Å². The maximum Gasteiger partial charge on any atom is 0.530 e. The smallest absolute Gasteiger partial charge is 0.408 e. The van der Waals surface area contributed by atoms with Gasteiger partial charge in [0.2, 0.25) is 5.78 Å². The van der Waals surface area contributed by atoms with Crippen molar-refractivity contribution in [2.45, 2.75) is 20.3 Å². The van der Waals surface area contributed by atoms with E-state index in [1.807, 2.05) is 13.8 Å². The van der Waals surface area contributed by atoms with Crippen molar-refractivity contribution in [3.63, 3.8) is 0 Å². The van der Waals surface area contributed by atoms with E-state index in [0.717, 1.165) is 0 Å². The van der Waals surface area contributed by atoms with Crippen molar-refractivity contribution in [3.8, 4) is 28.7 Å². The highest BCUT2D eigenvalue weighted by Gasteiger charge is 2.38. The maximum absolute atomic E-state index is 14.7. The van der Waals surface area contributed by atoms with Gasteiger partial charge in [0, 0.05) is 16.7 Å². The van der Waals surface area contributed by atoms with E-state index in [1.165, 1.54) is 72.8 Å². The number of hydrogen-bond donors (Lipinski definition) is 0. The molecule has 0 saturated heterocycles. The molecule has 0 N–H and O–H groups in total. The molecular formula is C44H34O12P2. The molecule has 12 nitrogen and oxygen atoms in total. The van der Waals surface area contributed by atoms with E-state index in [1.54, 1.807) is 42.5 Å². The monoisotopic (exact) mass is 816 g/mol. The Morgan fingerprint density at radius 1 is 0.552 bits per heavy atom. The first-order valence-corrected chi connectivity index (χ1v) is 19.9. The van der Waals surface area contributed by atoms with Crippen LogP contribution in [-0.4, -0.2) is 36.7 Å². The lowest BCUT2D eigenvalue weighted by atomic mass is 9.83. The molecule has 292 valence electrons. The molecule has 0 radical (unpaired) electrons. The molecule has 14 heteroatoms. The summed E-state index contributed by atoms with van der Waals surface area (Å²) in [5, 5.41) is 0. The van der Waals surface area contributed by atoms with Crippen LogP contribution < -0.4 is 22.6 Å². The first-order valence-electron chi connectivity index (χ1n) is 17.7. The number of para-hydroxylation sites is 3. The highest BCUT2D eigenvalue weighted by atomic mass is 31.2. The number of allylic oxidation sites excluding steroid dienone is 2. The number of ketones is 2. The van der Waals surface area contributed by atoms with Gasteiger partial charge in [-0.1, -0.05) is 81.1 Å². The summed E-state index contributed by atoms with van der Waals surface area (Å²) in [6.45, 7) is 7.73. The second-order valence-corrected chi connectivity index (χ2v) is 14.8. The SMILES string of the molecule is C=C(C=O)/C(=C\CC(C)C)OP(Oc1ccccc1C=O)Oc1cccc2c1C(=O)c1c(OP(Oc3ccccc3C=O)Oc3ccccc3C=O)cccc1C2=O. The largest absolute Gasteiger partial charge is 0.530 e. The van der Waals surface area contributed by atoms with Crippen LogP contribution >= 0.6 is 17.2 Å². The summed E-state index contributed by atoms with van der Waals surface area (Å²) >= 11 is 0. The topological polar surface area (TPSA) is 158 Å². The average molecular weight is 817 g/mol. The molecule has 6 rings (SSSR count). The summed E-state index contributed by atoms with van der Waals surface area (Å²) in [7, 11) is -5.13. The number of fused-ring (bicyclic) bond motifs is 2. The standard InChI is InChI=1S/C44H34O12P2/c1-28(2)22-23-35(29(3)24-45)51-57(52-36-17-7-4-12-30(36)25-46)55-39-20-10-15-33-41(39)44(50)42-34(43(33)49)16-11-21-40(42)56-58(53-37-18-8-5-13-31(37)26-47)54-38-19-9-6-14-32(38)27-48/h4-21,23-28H,3,22H2,1-2H3/b35-23+. The quantitative estimate of drug-likeness (QED) is 0.0251. The van der Waals surface area contributed by atoms with Gasteiger partial charge >= 0.3 is 17.2 Å². The Labute approximate surface area is 336 Å². The van der Waals surface area contributed by atoms with E-state index in [-0.39, 0.29) is 84.9 Å². The molecule has 0 heterocycles. The number of aldehydes is 4. The fourth-order valence-electron chi connectivity index (χ4n) is 5.54. The van der Waals surface area contributed by atoms with Crippen LogP contribution in [0.5, 0.6) is 28.7 Å². The van der Waals surface area contributed by atoms with E-state index in [0.29, 0.717) is 31.6 Å². The summed E-state index contributed by atoms with van der Waals surface area (Å²) in [5.41, 5.74) is 0.259. The van der Waals surface area contributed by atoms with Crippen LogP contribution in [-0.2, 0) is 9.32 Å². The third-order valence-corrected chi connectivity index (χ3v) is 10.5. The van der Waals surface area contributed by atoms with Crippen LogP contribution in [0, 0.1) is 5.92 Å². The zero-order valence-electron chi connectivity index (χ0n) is 31.1. The fourth-order valence-corrected chi connectivity index (χ4v) is 7.72. The van der Waals surface area contributed by atoms with Crippen LogP contribution in [0.15, 0.2) is 133 Å². The Bertz CT molecular complexity index is 2390. The lowest BCUT2D eigenvalue weighted by Gasteiger charge is -2.25. The average Bonchev–Trinajstić information content (AvgIpc) is 3.24. The summed E-state index contributed by atoms with van der Waals surface area (Å²) < 4.78 is 37.0. The van der Waals surface area contributed by atoms with E-state index in [4.69, 9.17) is 27.1 Å². The molecule has 1 unspecified atom stereocenters. The van der Waals surface area contributed by atoms with Gasteiger partial charge in [0.05, 0.1) is 27.8 Å². The minimum absolute atomic E-state index is 0.00597. The molecule has 0 spiro atoms. The molecule has 58 heavy (non-hydrogen) atoms. The molecular weight excluding hydrogens is 782 g/mol. The summed E-state index contributed by atoms with van der Waals surface area (Å²) in [6, 6.07) is 27.9. The predicted octanol–water partition coefficient (Wildman–Crippen LogP) is 10.0. The molecule has 1 aliphatic carbocycles. The Kier molecular flexibility index (Phi) is 13.4. The maximum atomic E-state index is 14.7. The number of carbonyl (C=O) groups excluding carboxylic acids is 6. The first kappa shape index (κ1) is 40.9. The Hall–Kier alpha value is -6.74. The molecule has 0 aliphatic heterocycles. The summed E-state index contributed by atoms with van der Waals surface area (Å²) in [6.07, 6.45) is 4.44. The Morgan fingerprint density at radius 3 is 1.38 bits per heavy atom. The highest BCUT2D eigenvalue weighted by Crippen LogP contribution is 2.50. The lowest BCUT2D eigenvalue weighted by Crippen LogP contribution is -2.23. The number of carbonyl (C=O) groups is 6.